The highest BCUT2D eigenvalue weighted by Gasteiger charge is 2.33. The van der Waals surface area contributed by atoms with Gasteiger partial charge in [0.05, 0.1) is 29.7 Å². The maximum absolute atomic E-state index is 6.79. The smallest absolute Gasteiger partial charge is 0.113 e. The van der Waals surface area contributed by atoms with Crippen LogP contribution >= 0.6 is 17.9 Å². The van der Waals surface area contributed by atoms with E-state index in [2.05, 4.69) is 20.8 Å². The molecule has 94 valence electrons. The number of hydrogen-bond donors (Lipinski definition) is 0. The molecule has 0 aliphatic heterocycles. The quantitative estimate of drug-likeness (QED) is 0.566. The Morgan fingerprint density at radius 2 is 1.00 bits per heavy atom. The Labute approximate surface area is 108 Å². The monoisotopic (exact) mass is 272 g/mol. The van der Waals surface area contributed by atoms with Crippen LogP contribution in [0, 0.1) is 0 Å². The highest BCUT2D eigenvalue weighted by Crippen LogP contribution is 2.65. The summed E-state index contributed by atoms with van der Waals surface area (Å²) in [6, 6.07) is 0. The summed E-state index contributed by atoms with van der Waals surface area (Å²) in [5, 5.41) is 0. The molecule has 3 heteroatoms. The molecule has 0 rings (SSSR count). The third-order valence-electron chi connectivity index (χ3n) is 2.74. The van der Waals surface area contributed by atoms with Crippen molar-refractivity contribution in [1.29, 1.82) is 0 Å². The van der Waals surface area contributed by atoms with Crippen molar-refractivity contribution in [3.63, 3.8) is 0 Å². The fraction of sp³-hybridized carbons (Fsp3) is 1.00. The van der Waals surface area contributed by atoms with Gasteiger partial charge in [0.1, 0.15) is 6.62 Å². The van der Waals surface area contributed by atoms with Gasteiger partial charge in [0.2, 0.25) is 0 Å². The first-order valence-electron chi connectivity index (χ1n) is 6.24. The largest absolute Gasteiger partial charge is 1.00 e. The molecule has 0 amide bonds. The maximum atomic E-state index is 6.79. The molecular weight excluding hydrogens is 246 g/mol. The molecule has 0 saturated carbocycles. The van der Waals surface area contributed by atoms with E-state index in [0.29, 0.717) is 0 Å². The molecule has 0 radical (unpaired) electrons. The van der Waals surface area contributed by atoms with Gasteiger partial charge in [0.25, 0.3) is 0 Å². The molecular formula is C12H27Cl2P. The van der Waals surface area contributed by atoms with E-state index < -0.39 is 6.62 Å². The van der Waals surface area contributed by atoms with E-state index in [1.54, 1.807) is 0 Å². The summed E-state index contributed by atoms with van der Waals surface area (Å²) in [4.78, 5) is 0. The minimum atomic E-state index is -1.05. The average molecular weight is 273 g/mol. The van der Waals surface area contributed by atoms with Gasteiger partial charge in [-0.25, -0.2) is 0 Å². The van der Waals surface area contributed by atoms with Gasteiger partial charge in [-0.15, -0.1) is 0 Å². The van der Waals surface area contributed by atoms with E-state index in [4.69, 9.17) is 11.2 Å². The van der Waals surface area contributed by atoms with Crippen LogP contribution in [0.25, 0.3) is 0 Å². The Bertz CT molecular complexity index is 107. The van der Waals surface area contributed by atoms with E-state index in [9.17, 15) is 0 Å². The SMILES string of the molecule is CCCC[P+](Cl)(CCCC)CCCC.[Cl-]. The predicted molar refractivity (Wildman–Crippen MR) is 72.1 cm³/mol. The standard InChI is InChI=1S/C12H27ClP.ClH/c1-4-7-10-14(13,11-8-5-2)12-9-6-3;/h4-12H2,1-3H3;1H/q+1;/p-1. The van der Waals surface area contributed by atoms with Crippen LogP contribution < -0.4 is 12.4 Å². The van der Waals surface area contributed by atoms with Gasteiger partial charge >= 0.3 is 0 Å². The number of hydrogen-bond acceptors (Lipinski definition) is 0. The Balaban J connectivity index is 0. The average Bonchev–Trinajstić information content (AvgIpc) is 2.21. The minimum Gasteiger partial charge on any atom is -1.00 e. The third-order valence-corrected chi connectivity index (χ3v) is 7.61. The number of rotatable bonds is 9. The van der Waals surface area contributed by atoms with Crippen molar-refractivity contribution >= 4 is 17.9 Å². The molecule has 0 saturated heterocycles. The van der Waals surface area contributed by atoms with Crippen molar-refractivity contribution in [2.24, 2.45) is 0 Å². The Morgan fingerprint density at radius 1 is 0.733 bits per heavy atom. The molecule has 0 aliphatic carbocycles. The first kappa shape index (κ1) is 18.4. The lowest BCUT2D eigenvalue weighted by molar-refractivity contribution is -0.00000319. The Kier molecular flexibility index (Phi) is 14.1. The summed E-state index contributed by atoms with van der Waals surface area (Å²) < 4.78 is 0. The summed E-state index contributed by atoms with van der Waals surface area (Å²) in [6.45, 7) is 5.75. The van der Waals surface area contributed by atoms with Gasteiger partial charge in [-0.3, -0.25) is 0 Å². The van der Waals surface area contributed by atoms with Crippen molar-refractivity contribution in [2.45, 2.75) is 59.3 Å². The second-order valence-corrected chi connectivity index (χ2v) is 9.81. The lowest BCUT2D eigenvalue weighted by Gasteiger charge is -2.18. The molecule has 0 fully saturated rings. The van der Waals surface area contributed by atoms with Crippen LogP contribution in [0.1, 0.15) is 59.3 Å². The fourth-order valence-electron chi connectivity index (χ4n) is 1.66. The normalized spacial score (nSPS) is 11.2. The van der Waals surface area contributed by atoms with Crippen molar-refractivity contribution in [3.05, 3.63) is 0 Å². The van der Waals surface area contributed by atoms with Crippen LogP contribution in [0.4, 0.5) is 0 Å². The van der Waals surface area contributed by atoms with E-state index in [1.165, 1.54) is 57.0 Å². The molecule has 0 aromatic rings. The van der Waals surface area contributed by atoms with Gasteiger partial charge in [0, 0.05) is 0 Å². The van der Waals surface area contributed by atoms with Crippen LogP contribution in [0.2, 0.25) is 0 Å². The molecule has 0 aromatic carbocycles. The van der Waals surface area contributed by atoms with Crippen LogP contribution in [-0.4, -0.2) is 18.5 Å². The van der Waals surface area contributed by atoms with Gasteiger partial charge < -0.3 is 12.4 Å². The highest BCUT2D eigenvalue weighted by molar-refractivity contribution is 7.99. The minimum absolute atomic E-state index is 0. The van der Waals surface area contributed by atoms with Crippen LogP contribution in [-0.2, 0) is 0 Å². The zero-order valence-electron chi connectivity index (χ0n) is 10.6. The van der Waals surface area contributed by atoms with Crippen LogP contribution in [0.15, 0.2) is 0 Å². The lowest BCUT2D eigenvalue weighted by atomic mass is 10.4. The second-order valence-electron chi connectivity index (χ2n) is 4.26. The summed E-state index contributed by atoms with van der Waals surface area (Å²) in [7, 11) is 0. The zero-order chi connectivity index (χ0) is 10.9. The maximum Gasteiger partial charge on any atom is 0.113 e. The summed E-state index contributed by atoms with van der Waals surface area (Å²) in [6.07, 6.45) is 11.9. The van der Waals surface area contributed by atoms with Crippen LogP contribution in [0.5, 0.6) is 0 Å². The molecule has 0 unspecified atom stereocenters. The topological polar surface area (TPSA) is 0 Å². The van der Waals surface area contributed by atoms with Crippen LogP contribution in [0.3, 0.4) is 0 Å². The molecule has 0 bridgehead atoms. The molecule has 0 nitrogen and oxygen atoms in total. The first-order chi connectivity index (χ1) is 6.68. The predicted octanol–water partition coefficient (Wildman–Crippen LogP) is 2.56. The summed E-state index contributed by atoms with van der Waals surface area (Å²) in [5.41, 5.74) is 0. The van der Waals surface area contributed by atoms with E-state index in [0.717, 1.165) is 0 Å². The van der Waals surface area contributed by atoms with Crippen molar-refractivity contribution in [2.75, 3.05) is 18.5 Å². The van der Waals surface area contributed by atoms with Gasteiger partial charge in [-0.05, 0) is 19.3 Å². The van der Waals surface area contributed by atoms with Gasteiger partial charge in [-0.1, -0.05) is 40.0 Å². The first-order valence-corrected chi connectivity index (χ1v) is 9.49. The van der Waals surface area contributed by atoms with E-state index in [-0.39, 0.29) is 12.4 Å². The second kappa shape index (κ2) is 11.5. The van der Waals surface area contributed by atoms with Crippen molar-refractivity contribution in [3.8, 4) is 0 Å². The molecule has 0 heterocycles. The van der Waals surface area contributed by atoms with E-state index >= 15 is 0 Å². The Morgan fingerprint density at radius 3 is 1.20 bits per heavy atom. The van der Waals surface area contributed by atoms with Gasteiger partial charge in [0.15, 0.2) is 0 Å². The number of halogens is 2. The fourth-order valence-corrected chi connectivity index (χ4v) is 6.06. The van der Waals surface area contributed by atoms with Crippen molar-refractivity contribution < 1.29 is 12.4 Å². The van der Waals surface area contributed by atoms with E-state index in [1.807, 2.05) is 0 Å². The highest BCUT2D eigenvalue weighted by atomic mass is 35.7. The van der Waals surface area contributed by atoms with Crippen molar-refractivity contribution in [1.82, 2.24) is 0 Å². The molecule has 0 aromatic heterocycles. The molecule has 0 atom stereocenters. The summed E-state index contributed by atoms with van der Waals surface area (Å²) >= 11 is 6.79. The molecule has 0 N–H and O–H groups in total. The molecule has 0 aliphatic rings. The molecule has 15 heavy (non-hydrogen) atoms. The van der Waals surface area contributed by atoms with Gasteiger partial charge in [-0.2, -0.15) is 0 Å². The Hall–Kier alpha value is 1.01. The summed E-state index contributed by atoms with van der Waals surface area (Å²) in [5.74, 6) is 0. The lowest BCUT2D eigenvalue weighted by Crippen LogP contribution is -3.00. The zero-order valence-corrected chi connectivity index (χ0v) is 13.0. The number of unbranched alkanes of at least 4 members (excludes halogenated alkanes) is 3. The third kappa shape index (κ3) is 9.91. The molecule has 0 spiro atoms.